The summed E-state index contributed by atoms with van der Waals surface area (Å²) >= 11 is 7.03. The fourth-order valence-corrected chi connectivity index (χ4v) is 7.54. The lowest BCUT2D eigenvalue weighted by Gasteiger charge is -2.26. The number of carbonyl (C=O) groups is 2. The van der Waals surface area contributed by atoms with E-state index in [1.54, 1.807) is 12.1 Å². The van der Waals surface area contributed by atoms with Crippen LogP contribution >= 0.6 is 11.6 Å². The van der Waals surface area contributed by atoms with Crippen molar-refractivity contribution in [1.29, 1.82) is 0 Å². The highest BCUT2D eigenvalue weighted by Crippen LogP contribution is 2.52. The van der Waals surface area contributed by atoms with E-state index in [-0.39, 0.29) is 22.6 Å². The first-order valence-corrected chi connectivity index (χ1v) is 15.7. The minimum Gasteiger partial charge on any atom is -0.507 e. The van der Waals surface area contributed by atoms with E-state index in [4.69, 9.17) is 11.6 Å². The van der Waals surface area contributed by atoms with Gasteiger partial charge in [-0.15, -0.1) is 0 Å². The maximum Gasteiger partial charge on any atom is 0.339 e. The van der Waals surface area contributed by atoms with Crippen LogP contribution in [0.2, 0.25) is 0 Å². The molecule has 3 aliphatic rings. The number of likely N-dealkylation sites (N-methyl/N-ethyl adjacent to an activating group) is 1. The molecule has 236 valence electrons. The zero-order valence-electron chi connectivity index (χ0n) is 26.5. The molecule has 0 saturated heterocycles. The molecule has 0 unspecified atom stereocenters. The van der Waals surface area contributed by atoms with Gasteiger partial charge in [-0.3, -0.25) is 0 Å². The number of halogens is 1. The zero-order chi connectivity index (χ0) is 33.0. The van der Waals surface area contributed by atoms with Gasteiger partial charge in [0.1, 0.15) is 29.2 Å². The molecule has 1 aliphatic carbocycles. The molecule has 8 nitrogen and oxygen atoms in total. The number of nitrogens with zero attached hydrogens (tertiary/aromatic N) is 2. The molecule has 0 saturated carbocycles. The predicted molar refractivity (Wildman–Crippen MR) is 177 cm³/mol. The maximum atomic E-state index is 11.7. The minimum absolute atomic E-state index is 0.113. The Morgan fingerprint density at radius 1 is 0.889 bits per heavy atom. The Morgan fingerprint density at radius 2 is 1.51 bits per heavy atom. The number of hydrogen-bond donors (Lipinski definition) is 4. The van der Waals surface area contributed by atoms with Gasteiger partial charge in [-0.1, -0.05) is 37.6 Å². The number of rotatable bonds is 7. The van der Waals surface area contributed by atoms with E-state index >= 15 is 0 Å². The average molecular weight is 632 g/mol. The number of allylic oxidation sites excluding steroid dienone is 8. The molecule has 0 amide bonds. The van der Waals surface area contributed by atoms with Crippen molar-refractivity contribution in [2.24, 2.45) is 0 Å². The first-order chi connectivity index (χ1) is 21.2. The Hall–Kier alpha value is -4.30. The summed E-state index contributed by atoms with van der Waals surface area (Å²) in [6.07, 6.45) is 10.6. The van der Waals surface area contributed by atoms with Crippen LogP contribution in [0.1, 0.15) is 92.6 Å². The highest BCUT2D eigenvalue weighted by molar-refractivity contribution is 6.32. The topological polar surface area (TPSA) is 121 Å². The van der Waals surface area contributed by atoms with Gasteiger partial charge in [-0.2, -0.15) is 4.58 Å². The van der Waals surface area contributed by atoms with Gasteiger partial charge in [-0.05, 0) is 82.4 Å². The van der Waals surface area contributed by atoms with Gasteiger partial charge in [0.25, 0.3) is 0 Å². The van der Waals surface area contributed by atoms with Gasteiger partial charge in [0.2, 0.25) is 5.69 Å². The predicted octanol–water partition coefficient (Wildman–Crippen LogP) is 7.75. The lowest BCUT2D eigenvalue weighted by atomic mass is 9.79. The van der Waals surface area contributed by atoms with Gasteiger partial charge in [0, 0.05) is 46.1 Å². The standard InChI is InChI=1S/C36H39ClN2O6/c1-7-38-24-16-14-22(33(42)43)31(40)28(24)35(3,4)26(38)18-12-20-10-9-11-21(30(20)37)13-19-27-36(5,6)29-25(39(27)8-2)17-15-23(32(29)41)34(44)45/h12-19H,7-11H2,1-6H3,(H3-,40,41,42,43,44,45)/p+1. The molecule has 2 aliphatic heterocycles. The van der Waals surface area contributed by atoms with Crippen LogP contribution in [0.5, 0.6) is 11.5 Å². The van der Waals surface area contributed by atoms with E-state index in [0.717, 1.165) is 53.2 Å². The second-order valence-electron chi connectivity index (χ2n) is 12.7. The lowest BCUT2D eigenvalue weighted by molar-refractivity contribution is -0.433. The number of hydrogen-bond acceptors (Lipinski definition) is 5. The third kappa shape index (κ3) is 5.05. The molecule has 2 aromatic carbocycles. The van der Waals surface area contributed by atoms with Crippen LogP contribution in [0.3, 0.4) is 0 Å². The molecular formula is C36H40ClN2O6+. The number of aromatic carboxylic acids is 2. The van der Waals surface area contributed by atoms with Gasteiger partial charge in [0.05, 0.1) is 11.0 Å². The Bertz CT molecular complexity index is 1790. The lowest BCUT2D eigenvalue weighted by Crippen LogP contribution is -2.28. The molecule has 4 N–H and O–H groups in total. The fraction of sp³-hybridized carbons (Fsp3) is 0.361. The third-order valence-corrected chi connectivity index (χ3v) is 9.93. The van der Waals surface area contributed by atoms with E-state index in [1.807, 2.05) is 65.8 Å². The van der Waals surface area contributed by atoms with Gasteiger partial charge < -0.3 is 25.3 Å². The van der Waals surface area contributed by atoms with Crippen LogP contribution in [0.15, 0.2) is 70.4 Å². The van der Waals surface area contributed by atoms with Crippen molar-refractivity contribution in [3.63, 3.8) is 0 Å². The molecule has 5 rings (SSSR count). The van der Waals surface area contributed by atoms with Crippen molar-refractivity contribution in [3.8, 4) is 11.5 Å². The molecule has 2 aromatic rings. The van der Waals surface area contributed by atoms with E-state index in [9.17, 15) is 30.0 Å². The van der Waals surface area contributed by atoms with E-state index in [2.05, 4.69) is 9.48 Å². The van der Waals surface area contributed by atoms with Crippen LogP contribution < -0.4 is 4.90 Å². The van der Waals surface area contributed by atoms with Crippen molar-refractivity contribution in [2.45, 2.75) is 71.6 Å². The molecule has 0 fully saturated rings. The number of fused-ring (bicyclic) bond motifs is 2. The van der Waals surface area contributed by atoms with E-state index < -0.39 is 22.8 Å². The summed E-state index contributed by atoms with van der Waals surface area (Å²) in [4.78, 5) is 25.5. The minimum atomic E-state index is -1.17. The van der Waals surface area contributed by atoms with Crippen LogP contribution in [0, 0.1) is 0 Å². The van der Waals surface area contributed by atoms with Crippen molar-refractivity contribution >= 4 is 40.6 Å². The van der Waals surface area contributed by atoms with Gasteiger partial charge in [-0.25, -0.2) is 9.59 Å². The first kappa shape index (κ1) is 32.1. The molecule has 0 atom stereocenters. The number of aromatic hydroxyl groups is 2. The highest BCUT2D eigenvalue weighted by atomic mass is 35.5. The summed E-state index contributed by atoms with van der Waals surface area (Å²) in [7, 11) is 0. The summed E-state index contributed by atoms with van der Waals surface area (Å²) in [5.41, 5.74) is 5.15. The Kier molecular flexibility index (Phi) is 8.25. The van der Waals surface area contributed by atoms with Crippen LogP contribution in [-0.4, -0.2) is 55.7 Å². The molecule has 2 heterocycles. The fourth-order valence-electron chi connectivity index (χ4n) is 7.22. The molecule has 9 heteroatoms. The van der Waals surface area contributed by atoms with Crippen molar-refractivity contribution in [3.05, 3.63) is 92.7 Å². The molecule has 0 spiro atoms. The third-order valence-electron chi connectivity index (χ3n) is 9.44. The Morgan fingerprint density at radius 3 is 2.11 bits per heavy atom. The zero-order valence-corrected chi connectivity index (χ0v) is 27.3. The number of phenols is 2. The Labute approximate surface area is 268 Å². The SMILES string of the molecule is CCN1C(=CC=C2CCCC(C=CC3=[N+](CC)c4ccc(C(=O)O)c(O)c4C3(C)C)=C2Cl)C(C)(C)c2c1ccc(C(=O)O)c2O. The summed E-state index contributed by atoms with van der Waals surface area (Å²) in [5, 5.41) is 41.7. The molecule has 0 aromatic heterocycles. The second-order valence-corrected chi connectivity index (χ2v) is 13.1. The van der Waals surface area contributed by atoms with Gasteiger partial charge >= 0.3 is 11.9 Å². The van der Waals surface area contributed by atoms with E-state index in [0.29, 0.717) is 29.2 Å². The number of benzene rings is 2. The van der Waals surface area contributed by atoms with Crippen LogP contribution in [0.25, 0.3) is 0 Å². The smallest absolute Gasteiger partial charge is 0.339 e. The number of carboxylic acid groups (broad SMARTS) is 2. The maximum absolute atomic E-state index is 11.7. The summed E-state index contributed by atoms with van der Waals surface area (Å²) in [6, 6.07) is 6.42. The summed E-state index contributed by atoms with van der Waals surface area (Å²) in [5.74, 6) is -2.74. The van der Waals surface area contributed by atoms with Crippen LogP contribution in [-0.2, 0) is 10.8 Å². The van der Waals surface area contributed by atoms with Crippen molar-refractivity contribution in [2.75, 3.05) is 18.0 Å². The second kappa shape index (κ2) is 11.6. The summed E-state index contributed by atoms with van der Waals surface area (Å²) < 4.78 is 2.10. The molecular weight excluding hydrogens is 592 g/mol. The Balaban J connectivity index is 1.51. The van der Waals surface area contributed by atoms with Crippen molar-refractivity contribution in [1.82, 2.24) is 0 Å². The largest absolute Gasteiger partial charge is 0.507 e. The normalized spacial score (nSPS) is 20.5. The molecule has 0 bridgehead atoms. The summed E-state index contributed by atoms with van der Waals surface area (Å²) in [6.45, 7) is 13.3. The van der Waals surface area contributed by atoms with E-state index in [1.165, 1.54) is 12.1 Å². The number of carboxylic acids is 2. The average Bonchev–Trinajstić information content (AvgIpc) is 3.34. The quantitative estimate of drug-likeness (QED) is 0.231. The highest BCUT2D eigenvalue weighted by Gasteiger charge is 2.47. The van der Waals surface area contributed by atoms with Crippen molar-refractivity contribution < 1.29 is 34.6 Å². The molecule has 45 heavy (non-hydrogen) atoms. The van der Waals surface area contributed by atoms with Gasteiger partial charge in [0.15, 0.2) is 5.71 Å². The number of anilines is 1. The molecule has 0 radical (unpaired) electrons. The first-order valence-electron chi connectivity index (χ1n) is 15.3. The monoisotopic (exact) mass is 631 g/mol. The van der Waals surface area contributed by atoms with Crippen LogP contribution in [0.4, 0.5) is 11.4 Å².